The number of sulfonamides is 1. The number of aliphatic hydroxyl groups excluding tert-OH is 1. The Hall–Kier alpha value is -1.69. The van der Waals surface area contributed by atoms with Gasteiger partial charge in [-0.05, 0) is 31.4 Å². The molecule has 0 radical (unpaired) electrons. The minimum Gasteiger partial charge on any atom is -0.394 e. The maximum Gasteiger partial charge on any atom is 0.242 e. The Morgan fingerprint density at radius 1 is 1.29 bits per heavy atom. The van der Waals surface area contributed by atoms with Crippen LogP contribution in [0.15, 0.2) is 23.4 Å². The summed E-state index contributed by atoms with van der Waals surface area (Å²) in [5.41, 5.74) is 0.417. The smallest absolute Gasteiger partial charge is 0.242 e. The van der Waals surface area contributed by atoms with Crippen molar-refractivity contribution in [3.05, 3.63) is 34.6 Å². The van der Waals surface area contributed by atoms with Crippen LogP contribution in [-0.2, 0) is 10.0 Å². The second kappa shape index (κ2) is 10.3. The van der Waals surface area contributed by atoms with Gasteiger partial charge in [-0.15, -0.1) is 0 Å². The molecule has 1 aromatic carbocycles. The number of hydrogen-bond acceptors (Lipinski definition) is 8. The second-order valence-electron chi connectivity index (χ2n) is 7.62. The molecule has 1 fully saturated rings. The van der Waals surface area contributed by atoms with E-state index in [9.17, 15) is 17.9 Å². The average molecular weight is 490 g/mol. The average Bonchev–Trinajstić information content (AvgIpc) is 2.61. The van der Waals surface area contributed by atoms with Crippen molar-refractivity contribution in [1.29, 1.82) is 0 Å². The van der Waals surface area contributed by atoms with Crippen LogP contribution in [0.4, 0.5) is 16.3 Å². The maximum absolute atomic E-state index is 14.3. The first-order valence-corrected chi connectivity index (χ1v) is 13.0. The molecule has 1 saturated carbocycles. The summed E-state index contributed by atoms with van der Waals surface area (Å²) in [6.07, 6.45) is 5.21. The summed E-state index contributed by atoms with van der Waals surface area (Å²) in [6.45, 7) is 1.68. The highest BCUT2D eigenvalue weighted by atomic mass is 35.5. The Balaban J connectivity index is 1.83. The van der Waals surface area contributed by atoms with E-state index in [1.807, 2.05) is 0 Å². The first kappa shape index (κ1) is 24.0. The monoisotopic (exact) mass is 489 g/mol. The zero-order valence-electron chi connectivity index (χ0n) is 17.2. The summed E-state index contributed by atoms with van der Waals surface area (Å²) in [6, 6.07) is 4.16. The van der Waals surface area contributed by atoms with Crippen LogP contribution in [0.3, 0.4) is 0 Å². The van der Waals surface area contributed by atoms with Gasteiger partial charge in [0.25, 0.3) is 0 Å². The molecule has 1 aliphatic rings. The lowest BCUT2D eigenvalue weighted by Crippen LogP contribution is -2.30. The predicted octanol–water partition coefficient (Wildman–Crippen LogP) is 3.85. The summed E-state index contributed by atoms with van der Waals surface area (Å²) in [5, 5.41) is 12.9. The van der Waals surface area contributed by atoms with Crippen molar-refractivity contribution in [2.75, 3.05) is 22.9 Å². The van der Waals surface area contributed by atoms with Gasteiger partial charge in [-0.25, -0.2) is 12.8 Å². The van der Waals surface area contributed by atoms with Gasteiger partial charge in [0.05, 0.1) is 18.9 Å². The summed E-state index contributed by atoms with van der Waals surface area (Å²) in [7, 11) is -3.61. The maximum atomic E-state index is 14.3. The van der Waals surface area contributed by atoms with Crippen molar-refractivity contribution in [2.45, 2.75) is 49.1 Å². The lowest BCUT2D eigenvalue weighted by atomic mass is 9.81. The Labute approximate surface area is 190 Å². The molecule has 170 valence electrons. The van der Waals surface area contributed by atoms with E-state index in [2.05, 4.69) is 25.0 Å². The molecule has 0 bridgehead atoms. The fourth-order valence-electron chi connectivity index (χ4n) is 3.23. The van der Waals surface area contributed by atoms with Crippen molar-refractivity contribution in [3.63, 3.8) is 0 Å². The van der Waals surface area contributed by atoms with Crippen molar-refractivity contribution >= 4 is 45.3 Å². The third-order valence-corrected chi connectivity index (χ3v) is 6.76. The molecule has 1 unspecified atom stereocenters. The molecule has 2 atom stereocenters. The van der Waals surface area contributed by atoms with Gasteiger partial charge in [0.15, 0.2) is 5.16 Å². The highest BCUT2D eigenvalue weighted by molar-refractivity contribution is 7.99. The highest BCUT2D eigenvalue weighted by Gasteiger charge is 2.23. The minimum absolute atomic E-state index is 0.105. The number of rotatable bonds is 10. The zero-order valence-corrected chi connectivity index (χ0v) is 19.6. The molecule has 8 nitrogen and oxygen atoms in total. The summed E-state index contributed by atoms with van der Waals surface area (Å²) in [4.78, 5) is 12.6. The lowest BCUT2D eigenvalue weighted by molar-refractivity contribution is 0.219. The number of thioether (sulfide) groups is 1. The van der Waals surface area contributed by atoms with Crippen molar-refractivity contribution < 1.29 is 17.9 Å². The third-order valence-electron chi connectivity index (χ3n) is 4.97. The molecule has 2 aromatic rings. The molecule has 1 heterocycles. The standard InChI is InChI=1S/C19H25ClFN5O3S2/c1-11(15-7-6-13(20)9-16(15)21)30-19-24-17(23-18(25-19)26-31(2,28)29)22-14(10-27)8-12-4-3-5-12/h6-7,9,11-12,14,27H,3-5,8,10H2,1-2H3,(H2,22,23,24,25,26)/t11?,14-/m1/s1. The number of nitrogens with one attached hydrogen (secondary N) is 2. The van der Waals surface area contributed by atoms with E-state index in [-0.39, 0.29) is 35.0 Å². The van der Waals surface area contributed by atoms with Gasteiger partial charge in [-0.1, -0.05) is 48.7 Å². The van der Waals surface area contributed by atoms with Crippen LogP contribution in [-0.4, -0.2) is 47.4 Å². The van der Waals surface area contributed by atoms with E-state index in [1.54, 1.807) is 19.1 Å². The van der Waals surface area contributed by atoms with Crippen LogP contribution in [0.1, 0.15) is 43.4 Å². The summed E-state index contributed by atoms with van der Waals surface area (Å²) in [5.74, 6) is 0.0921. The van der Waals surface area contributed by atoms with Crippen LogP contribution in [0.2, 0.25) is 5.02 Å². The highest BCUT2D eigenvalue weighted by Crippen LogP contribution is 2.36. The van der Waals surface area contributed by atoms with E-state index in [0.29, 0.717) is 16.5 Å². The Morgan fingerprint density at radius 3 is 2.58 bits per heavy atom. The van der Waals surface area contributed by atoms with Crippen LogP contribution in [0.5, 0.6) is 0 Å². The largest absolute Gasteiger partial charge is 0.394 e. The first-order chi connectivity index (χ1) is 14.6. The Morgan fingerprint density at radius 2 is 2.00 bits per heavy atom. The van der Waals surface area contributed by atoms with Crippen LogP contribution in [0, 0.1) is 11.7 Å². The van der Waals surface area contributed by atoms with Crippen molar-refractivity contribution in [2.24, 2.45) is 5.92 Å². The molecule has 3 rings (SSSR count). The van der Waals surface area contributed by atoms with Gasteiger partial charge < -0.3 is 10.4 Å². The number of anilines is 2. The van der Waals surface area contributed by atoms with E-state index in [4.69, 9.17) is 11.6 Å². The van der Waals surface area contributed by atoms with Crippen molar-refractivity contribution in [3.8, 4) is 0 Å². The number of aliphatic hydroxyl groups is 1. The number of benzene rings is 1. The van der Waals surface area contributed by atoms with Gasteiger partial charge in [-0.2, -0.15) is 15.0 Å². The Kier molecular flexibility index (Phi) is 7.95. The number of hydrogen-bond donors (Lipinski definition) is 3. The minimum atomic E-state index is -3.61. The van der Waals surface area contributed by atoms with Crippen LogP contribution < -0.4 is 10.0 Å². The summed E-state index contributed by atoms with van der Waals surface area (Å²) >= 11 is 6.98. The fraction of sp³-hybridized carbons (Fsp3) is 0.526. The van der Waals surface area contributed by atoms with Crippen LogP contribution >= 0.6 is 23.4 Å². The molecule has 0 amide bonds. The second-order valence-corrected chi connectivity index (χ2v) is 11.1. The SMILES string of the molecule is CC(Sc1nc(N[C@@H](CO)CC2CCC2)nc(NS(C)(=O)=O)n1)c1ccc(Cl)cc1F. The molecule has 3 N–H and O–H groups in total. The quantitative estimate of drug-likeness (QED) is 0.431. The van der Waals surface area contributed by atoms with E-state index in [1.165, 1.54) is 12.5 Å². The summed E-state index contributed by atoms with van der Waals surface area (Å²) < 4.78 is 39.9. The van der Waals surface area contributed by atoms with Gasteiger partial charge in [-0.3, -0.25) is 4.72 Å². The van der Waals surface area contributed by atoms with E-state index in [0.717, 1.165) is 37.3 Å². The third kappa shape index (κ3) is 7.16. The predicted molar refractivity (Wildman–Crippen MR) is 120 cm³/mol. The zero-order chi connectivity index (χ0) is 22.6. The number of aromatic nitrogens is 3. The molecule has 31 heavy (non-hydrogen) atoms. The van der Waals surface area contributed by atoms with Gasteiger partial charge in [0, 0.05) is 15.8 Å². The molecule has 1 aromatic heterocycles. The van der Waals surface area contributed by atoms with Crippen molar-refractivity contribution in [1.82, 2.24) is 15.0 Å². The molecule has 0 spiro atoms. The lowest BCUT2D eigenvalue weighted by Gasteiger charge is -2.29. The molecule has 1 aliphatic carbocycles. The van der Waals surface area contributed by atoms with E-state index < -0.39 is 15.8 Å². The Bertz CT molecular complexity index is 1020. The van der Waals surface area contributed by atoms with Crippen LogP contribution in [0.25, 0.3) is 0 Å². The fourth-order valence-corrected chi connectivity index (χ4v) is 4.72. The normalized spacial score (nSPS) is 16.4. The molecule has 12 heteroatoms. The van der Waals surface area contributed by atoms with Gasteiger partial charge in [0.2, 0.25) is 21.9 Å². The molecular formula is C19H25ClFN5O3S2. The molecule has 0 aliphatic heterocycles. The topological polar surface area (TPSA) is 117 Å². The van der Waals surface area contributed by atoms with E-state index >= 15 is 0 Å². The van der Waals surface area contributed by atoms with Gasteiger partial charge >= 0.3 is 0 Å². The van der Waals surface area contributed by atoms with Gasteiger partial charge in [0.1, 0.15) is 5.82 Å². The number of halogens is 2. The number of nitrogens with zero attached hydrogens (tertiary/aromatic N) is 3. The molecule has 0 saturated heterocycles. The first-order valence-electron chi connectivity index (χ1n) is 9.86. The molecular weight excluding hydrogens is 465 g/mol.